The molecule has 1 unspecified atom stereocenters. The number of ketones is 1. The van der Waals surface area contributed by atoms with Crippen LogP contribution in [0.4, 0.5) is 4.39 Å². The summed E-state index contributed by atoms with van der Waals surface area (Å²) in [5.41, 5.74) is 2.56. The molecular weight excluding hydrogens is 435 g/mol. The number of amidine groups is 1. The fraction of sp³-hybridized carbons (Fsp3) is 0.296. The lowest BCUT2D eigenvalue weighted by molar-refractivity contribution is -0.120. The number of benzene rings is 2. The van der Waals surface area contributed by atoms with Crippen molar-refractivity contribution in [3.05, 3.63) is 95.3 Å². The van der Waals surface area contributed by atoms with E-state index in [2.05, 4.69) is 16.4 Å². The Morgan fingerprint density at radius 3 is 2.55 bits per heavy atom. The minimum atomic E-state index is -0.755. The minimum absolute atomic E-state index is 0.0278. The van der Waals surface area contributed by atoms with Gasteiger partial charge in [0.05, 0.1) is 6.04 Å². The van der Waals surface area contributed by atoms with Gasteiger partial charge in [0.15, 0.2) is 11.0 Å². The van der Waals surface area contributed by atoms with Gasteiger partial charge in [-0.3, -0.25) is 14.6 Å². The van der Waals surface area contributed by atoms with Crippen LogP contribution in [0.3, 0.4) is 0 Å². The second-order valence-corrected chi connectivity index (χ2v) is 9.47. The first-order valence-corrected chi connectivity index (χ1v) is 11.9. The average Bonchev–Trinajstić information content (AvgIpc) is 3.10. The third-order valence-corrected chi connectivity index (χ3v) is 6.85. The topological polar surface area (TPSA) is 58.5 Å². The quantitative estimate of drug-likeness (QED) is 0.265. The first kappa shape index (κ1) is 24.6. The van der Waals surface area contributed by atoms with Gasteiger partial charge in [-0.2, -0.15) is 0 Å². The molecule has 1 fully saturated rings. The molecule has 1 aliphatic heterocycles. The Hall–Kier alpha value is -2.99. The monoisotopic (exact) mass is 464 g/mol. The number of allylic oxidation sites excluding steroid dienone is 3. The van der Waals surface area contributed by atoms with Crippen LogP contribution in [-0.2, 0) is 4.79 Å². The molecule has 2 atom stereocenters. The van der Waals surface area contributed by atoms with Crippen LogP contribution in [0.5, 0.6) is 0 Å². The van der Waals surface area contributed by atoms with Gasteiger partial charge in [0, 0.05) is 5.56 Å². The van der Waals surface area contributed by atoms with Gasteiger partial charge < -0.3 is 5.32 Å². The molecular formula is C27H29FN2O2S. The van der Waals surface area contributed by atoms with E-state index in [0.29, 0.717) is 23.6 Å². The Morgan fingerprint density at radius 2 is 1.88 bits per heavy atom. The molecule has 6 heteroatoms. The van der Waals surface area contributed by atoms with E-state index in [1.165, 1.54) is 23.9 Å². The maximum Gasteiger partial charge on any atom is 0.246 e. The van der Waals surface area contributed by atoms with Crippen molar-refractivity contribution in [2.45, 2.75) is 50.8 Å². The number of carbonyl (C=O) groups is 2. The highest BCUT2D eigenvalue weighted by atomic mass is 32.2. The van der Waals surface area contributed by atoms with E-state index in [-0.39, 0.29) is 23.5 Å². The Kier molecular flexibility index (Phi) is 8.39. The highest BCUT2D eigenvalue weighted by Crippen LogP contribution is 2.41. The third-order valence-electron chi connectivity index (χ3n) is 5.59. The Bertz CT molecular complexity index is 1080. The van der Waals surface area contributed by atoms with Crippen molar-refractivity contribution in [1.29, 1.82) is 0 Å². The van der Waals surface area contributed by atoms with Crippen molar-refractivity contribution in [3.8, 4) is 0 Å². The van der Waals surface area contributed by atoms with Gasteiger partial charge in [-0.05, 0) is 62.5 Å². The number of thioether (sulfide) groups is 1. The van der Waals surface area contributed by atoms with Crippen LogP contribution in [0, 0.1) is 5.82 Å². The Labute approximate surface area is 199 Å². The number of nitrogens with zero attached hydrogens (tertiary/aromatic N) is 1. The van der Waals surface area contributed by atoms with E-state index >= 15 is 0 Å². The number of halogens is 1. The number of hydrogen-bond acceptors (Lipinski definition) is 4. The SMILES string of the molecule is CC/C=C(\CC/C=C\C(=O)c1ccccc1)C1(C)SC(=N[C@@H](C)c2ccc(F)cc2)NC1=O. The first-order valence-electron chi connectivity index (χ1n) is 11.1. The second kappa shape index (κ2) is 11.2. The number of carbonyl (C=O) groups excluding carboxylic acids is 2. The molecule has 1 heterocycles. The van der Waals surface area contributed by atoms with Gasteiger partial charge in [-0.25, -0.2) is 4.39 Å². The number of nitrogens with one attached hydrogen (secondary N) is 1. The van der Waals surface area contributed by atoms with Crippen LogP contribution in [-0.4, -0.2) is 21.6 Å². The summed E-state index contributed by atoms with van der Waals surface area (Å²) >= 11 is 1.41. The van der Waals surface area contributed by atoms with Gasteiger partial charge in [-0.1, -0.05) is 73.3 Å². The zero-order valence-corrected chi connectivity index (χ0v) is 20.0. The van der Waals surface area contributed by atoms with E-state index < -0.39 is 4.75 Å². The molecule has 0 aromatic heterocycles. The molecule has 1 N–H and O–H groups in total. The molecule has 0 spiro atoms. The molecule has 1 amide bonds. The number of rotatable bonds is 9. The summed E-state index contributed by atoms with van der Waals surface area (Å²) in [6.45, 7) is 5.87. The molecule has 3 rings (SSSR count). The highest BCUT2D eigenvalue weighted by molar-refractivity contribution is 8.16. The summed E-state index contributed by atoms with van der Waals surface area (Å²) in [6.07, 6.45) is 7.69. The van der Waals surface area contributed by atoms with Crippen molar-refractivity contribution < 1.29 is 14.0 Å². The zero-order chi connectivity index (χ0) is 23.8. The summed E-state index contributed by atoms with van der Waals surface area (Å²) in [7, 11) is 0. The first-order chi connectivity index (χ1) is 15.8. The molecule has 2 aromatic rings. The van der Waals surface area contributed by atoms with Crippen LogP contribution < -0.4 is 5.32 Å². The fourth-order valence-corrected chi connectivity index (χ4v) is 4.85. The molecule has 0 bridgehead atoms. The van der Waals surface area contributed by atoms with Crippen LogP contribution >= 0.6 is 11.8 Å². The summed E-state index contributed by atoms with van der Waals surface area (Å²) in [6, 6.07) is 15.2. The van der Waals surface area contributed by atoms with Gasteiger partial charge in [-0.15, -0.1) is 0 Å². The minimum Gasteiger partial charge on any atom is -0.304 e. The summed E-state index contributed by atoms with van der Waals surface area (Å²) in [4.78, 5) is 29.9. The van der Waals surface area contributed by atoms with Crippen molar-refractivity contribution >= 4 is 28.6 Å². The van der Waals surface area contributed by atoms with E-state index in [1.54, 1.807) is 30.3 Å². The maximum absolute atomic E-state index is 13.2. The summed E-state index contributed by atoms with van der Waals surface area (Å²) < 4.78 is 12.4. The van der Waals surface area contributed by atoms with Crippen LogP contribution in [0.1, 0.15) is 62.0 Å². The number of hydrogen-bond donors (Lipinski definition) is 1. The van der Waals surface area contributed by atoms with Crippen LogP contribution in [0.2, 0.25) is 0 Å². The highest BCUT2D eigenvalue weighted by Gasteiger charge is 2.45. The Morgan fingerprint density at radius 1 is 1.18 bits per heavy atom. The second-order valence-electron chi connectivity index (χ2n) is 8.06. The van der Waals surface area contributed by atoms with E-state index in [9.17, 15) is 14.0 Å². The van der Waals surface area contributed by atoms with Crippen molar-refractivity contribution in [2.24, 2.45) is 4.99 Å². The molecule has 4 nitrogen and oxygen atoms in total. The van der Waals surface area contributed by atoms with Crippen LogP contribution in [0.15, 0.2) is 83.4 Å². The largest absolute Gasteiger partial charge is 0.304 e. The van der Waals surface area contributed by atoms with E-state index in [1.807, 2.05) is 45.0 Å². The lowest BCUT2D eigenvalue weighted by Crippen LogP contribution is -2.35. The zero-order valence-electron chi connectivity index (χ0n) is 19.2. The molecule has 172 valence electrons. The number of amides is 1. The predicted octanol–water partition coefficient (Wildman–Crippen LogP) is 6.42. The summed E-state index contributed by atoms with van der Waals surface area (Å²) in [5, 5.41) is 3.48. The average molecular weight is 465 g/mol. The van der Waals surface area contributed by atoms with E-state index in [0.717, 1.165) is 17.6 Å². The van der Waals surface area contributed by atoms with Gasteiger partial charge in [0.25, 0.3) is 0 Å². The lowest BCUT2D eigenvalue weighted by Gasteiger charge is -2.23. The third kappa shape index (κ3) is 6.29. The molecule has 1 aliphatic rings. The molecule has 0 saturated carbocycles. The molecule has 0 aliphatic carbocycles. The number of aliphatic imine (C=N–C) groups is 1. The maximum atomic E-state index is 13.2. The standard InChI is InChI=1S/C27H29FN2O2S/c1-4-10-22(13-8-9-14-24(31)21-11-6-5-7-12-21)27(3)25(32)30-26(33-27)29-19(2)20-15-17-23(28)18-16-20/h5-7,9-12,14-19H,4,8,13H2,1-3H3,(H,29,30,32)/b14-9-,22-10+/t19-,27?/m0/s1. The molecule has 1 saturated heterocycles. The lowest BCUT2D eigenvalue weighted by atomic mass is 9.93. The fourth-order valence-electron chi connectivity index (χ4n) is 3.65. The van der Waals surface area contributed by atoms with Crippen LogP contribution in [0.25, 0.3) is 0 Å². The van der Waals surface area contributed by atoms with E-state index in [4.69, 9.17) is 0 Å². The Balaban J connectivity index is 1.67. The molecule has 2 aromatic carbocycles. The summed E-state index contributed by atoms with van der Waals surface area (Å²) in [5.74, 6) is -0.412. The normalized spacial score (nSPS) is 20.9. The van der Waals surface area contributed by atoms with Gasteiger partial charge >= 0.3 is 0 Å². The predicted molar refractivity (Wildman–Crippen MR) is 134 cm³/mol. The van der Waals surface area contributed by atoms with Crippen molar-refractivity contribution in [3.63, 3.8) is 0 Å². The molecule has 33 heavy (non-hydrogen) atoms. The van der Waals surface area contributed by atoms with Gasteiger partial charge in [0.2, 0.25) is 5.91 Å². The smallest absolute Gasteiger partial charge is 0.246 e. The molecule has 0 radical (unpaired) electrons. The van der Waals surface area contributed by atoms with Crippen molar-refractivity contribution in [2.75, 3.05) is 0 Å². The van der Waals surface area contributed by atoms with Crippen molar-refractivity contribution in [1.82, 2.24) is 5.32 Å². The van der Waals surface area contributed by atoms with Gasteiger partial charge in [0.1, 0.15) is 10.6 Å².